The van der Waals surface area contributed by atoms with Crippen LogP contribution in [0, 0.1) is 29.0 Å². The number of rotatable bonds is 12. The first-order chi connectivity index (χ1) is 19.8. The third-order valence-corrected chi connectivity index (χ3v) is 7.76. The molecule has 2 heterocycles. The number of nitrogens with zero attached hydrogens (tertiary/aromatic N) is 2. The normalized spacial score (nSPS) is 21.8. The largest absolute Gasteiger partial charge is 0.492 e. The Hall–Kier alpha value is -3.55. The zero-order valence-electron chi connectivity index (χ0n) is 24.6. The third-order valence-electron chi connectivity index (χ3n) is 7.76. The first-order valence-electron chi connectivity index (χ1n) is 14.6. The minimum atomic E-state index is -0.509. The summed E-state index contributed by atoms with van der Waals surface area (Å²) < 4.78 is 27.1. The van der Waals surface area contributed by atoms with Crippen LogP contribution in [0.15, 0.2) is 30.3 Å². The molecule has 4 atom stereocenters. The number of carbonyl (C=O) groups is 1. The Kier molecular flexibility index (Phi) is 10.7. The van der Waals surface area contributed by atoms with E-state index < -0.39 is 17.8 Å². The van der Waals surface area contributed by atoms with E-state index >= 15 is 4.39 Å². The Balaban J connectivity index is 1.52. The second-order valence-electron chi connectivity index (χ2n) is 11.2. The maximum absolute atomic E-state index is 15.3. The van der Waals surface area contributed by atoms with Crippen molar-refractivity contribution in [2.24, 2.45) is 11.8 Å². The van der Waals surface area contributed by atoms with Gasteiger partial charge in [-0.3, -0.25) is 4.79 Å². The molecular formula is C31H43FN6O3. The number of nitrogens with one attached hydrogen (secondary N) is 4. The van der Waals surface area contributed by atoms with Crippen molar-refractivity contribution in [1.29, 1.82) is 5.26 Å². The van der Waals surface area contributed by atoms with Crippen LogP contribution in [-0.4, -0.2) is 63.8 Å². The Morgan fingerprint density at radius 2 is 2.05 bits per heavy atom. The topological polar surface area (TPSA) is 111 Å². The van der Waals surface area contributed by atoms with E-state index in [1.54, 1.807) is 12.1 Å². The minimum absolute atomic E-state index is 0.114. The summed E-state index contributed by atoms with van der Waals surface area (Å²) in [4.78, 5) is 14.8. The highest BCUT2D eigenvalue weighted by Crippen LogP contribution is 2.42. The van der Waals surface area contributed by atoms with E-state index in [0.29, 0.717) is 49.3 Å². The SMILES string of the molecule is CCOc1cc2c(cc1NC(=O)CCCN(C)C)C(Nc1ccc(OCC3NCCCC3C)cc1F)C(C#N)CN2. The molecule has 0 bridgehead atoms. The van der Waals surface area contributed by atoms with Crippen LogP contribution in [-0.2, 0) is 4.79 Å². The minimum Gasteiger partial charge on any atom is -0.492 e. The summed E-state index contributed by atoms with van der Waals surface area (Å²) >= 11 is 0. The number of fused-ring (bicyclic) bond motifs is 1. The van der Waals surface area contributed by atoms with Crippen LogP contribution in [0.25, 0.3) is 0 Å². The number of nitriles is 1. The van der Waals surface area contributed by atoms with Crippen molar-refractivity contribution in [3.63, 3.8) is 0 Å². The average Bonchev–Trinajstić information content (AvgIpc) is 2.94. The molecule has 10 heteroatoms. The van der Waals surface area contributed by atoms with Gasteiger partial charge in [0, 0.05) is 42.4 Å². The van der Waals surface area contributed by atoms with E-state index in [0.717, 1.165) is 43.6 Å². The molecular weight excluding hydrogens is 523 g/mol. The maximum Gasteiger partial charge on any atom is 0.224 e. The number of carbonyl (C=O) groups excluding carboxylic acids is 1. The summed E-state index contributed by atoms with van der Waals surface area (Å²) in [5.74, 6) is 0.479. The predicted molar refractivity (Wildman–Crippen MR) is 160 cm³/mol. The summed E-state index contributed by atoms with van der Waals surface area (Å²) in [5.41, 5.74) is 2.34. The second kappa shape index (κ2) is 14.4. The zero-order chi connectivity index (χ0) is 29.4. The number of halogens is 1. The molecule has 0 aliphatic carbocycles. The highest BCUT2D eigenvalue weighted by atomic mass is 19.1. The molecule has 4 rings (SSSR count). The van der Waals surface area contributed by atoms with Gasteiger partial charge in [0.05, 0.1) is 36.0 Å². The van der Waals surface area contributed by atoms with Gasteiger partial charge in [-0.2, -0.15) is 5.26 Å². The molecule has 1 saturated heterocycles. The van der Waals surface area contributed by atoms with Gasteiger partial charge in [-0.1, -0.05) is 6.92 Å². The Morgan fingerprint density at radius 1 is 1.22 bits per heavy atom. The quantitative estimate of drug-likeness (QED) is 0.285. The summed E-state index contributed by atoms with van der Waals surface area (Å²) in [6.07, 6.45) is 3.42. The molecule has 9 nitrogen and oxygen atoms in total. The second-order valence-corrected chi connectivity index (χ2v) is 11.2. The van der Waals surface area contributed by atoms with Gasteiger partial charge in [0.2, 0.25) is 5.91 Å². The lowest BCUT2D eigenvalue weighted by Crippen LogP contribution is -2.44. The fourth-order valence-corrected chi connectivity index (χ4v) is 5.39. The van der Waals surface area contributed by atoms with Crippen LogP contribution in [0.5, 0.6) is 11.5 Å². The predicted octanol–water partition coefficient (Wildman–Crippen LogP) is 4.99. The molecule has 1 fully saturated rings. The van der Waals surface area contributed by atoms with Gasteiger partial charge >= 0.3 is 0 Å². The molecule has 0 aromatic heterocycles. The van der Waals surface area contributed by atoms with Crippen LogP contribution in [0.2, 0.25) is 0 Å². The number of benzene rings is 2. The molecule has 4 N–H and O–H groups in total. The molecule has 222 valence electrons. The Bertz CT molecular complexity index is 1230. The van der Waals surface area contributed by atoms with Crippen molar-refractivity contribution in [3.8, 4) is 17.6 Å². The molecule has 41 heavy (non-hydrogen) atoms. The van der Waals surface area contributed by atoms with Crippen molar-refractivity contribution >= 4 is 23.0 Å². The molecule has 2 aliphatic heterocycles. The lowest BCUT2D eigenvalue weighted by molar-refractivity contribution is -0.116. The van der Waals surface area contributed by atoms with Gasteiger partial charge in [-0.15, -0.1) is 0 Å². The molecule has 4 unspecified atom stereocenters. The monoisotopic (exact) mass is 566 g/mol. The molecule has 2 aromatic carbocycles. The Labute approximate surface area is 242 Å². The third kappa shape index (κ3) is 8.02. The van der Waals surface area contributed by atoms with Gasteiger partial charge in [-0.05, 0) is 77.5 Å². The van der Waals surface area contributed by atoms with Crippen LogP contribution < -0.4 is 30.7 Å². The van der Waals surface area contributed by atoms with Crippen molar-refractivity contribution in [2.75, 3.05) is 62.9 Å². The highest BCUT2D eigenvalue weighted by molar-refractivity contribution is 5.93. The van der Waals surface area contributed by atoms with E-state index in [9.17, 15) is 10.1 Å². The van der Waals surface area contributed by atoms with Crippen molar-refractivity contribution in [1.82, 2.24) is 10.2 Å². The summed E-state index contributed by atoms with van der Waals surface area (Å²) in [5, 5.41) is 23.0. The Morgan fingerprint density at radius 3 is 2.76 bits per heavy atom. The summed E-state index contributed by atoms with van der Waals surface area (Å²) in [6, 6.07) is 10.5. The van der Waals surface area contributed by atoms with E-state index in [4.69, 9.17) is 9.47 Å². The zero-order valence-corrected chi connectivity index (χ0v) is 24.6. The summed E-state index contributed by atoms with van der Waals surface area (Å²) in [7, 11) is 3.94. The average molecular weight is 567 g/mol. The number of ether oxygens (including phenoxy) is 2. The van der Waals surface area contributed by atoms with E-state index in [2.05, 4.69) is 34.3 Å². The molecule has 0 saturated carbocycles. The van der Waals surface area contributed by atoms with E-state index in [1.165, 1.54) is 6.07 Å². The fraction of sp³-hybridized carbons (Fsp3) is 0.548. The van der Waals surface area contributed by atoms with Crippen LogP contribution in [0.1, 0.15) is 51.1 Å². The van der Waals surface area contributed by atoms with Crippen molar-refractivity contribution in [2.45, 2.75) is 51.6 Å². The first kappa shape index (κ1) is 30.4. The molecule has 1 amide bonds. The van der Waals surface area contributed by atoms with Gasteiger partial charge < -0.3 is 35.6 Å². The summed E-state index contributed by atoms with van der Waals surface area (Å²) in [6.45, 7) is 7.17. The lowest BCUT2D eigenvalue weighted by Gasteiger charge is -2.33. The lowest BCUT2D eigenvalue weighted by atomic mass is 9.88. The van der Waals surface area contributed by atoms with E-state index in [1.807, 2.05) is 38.1 Å². The highest BCUT2D eigenvalue weighted by Gasteiger charge is 2.32. The number of anilines is 3. The number of hydrogen-bond acceptors (Lipinski definition) is 8. The maximum atomic E-state index is 15.3. The van der Waals surface area contributed by atoms with Crippen LogP contribution >= 0.6 is 0 Å². The van der Waals surface area contributed by atoms with Gasteiger partial charge in [0.25, 0.3) is 0 Å². The smallest absolute Gasteiger partial charge is 0.224 e. The molecule has 2 aromatic rings. The van der Waals surface area contributed by atoms with Gasteiger partial charge in [0.1, 0.15) is 23.9 Å². The van der Waals surface area contributed by atoms with Crippen LogP contribution in [0.4, 0.5) is 21.5 Å². The molecule has 0 radical (unpaired) electrons. The number of piperidine rings is 1. The molecule has 2 aliphatic rings. The standard InChI is InChI=1S/C31H43FN6O3/c1-5-40-29-16-26-23(15-27(29)36-30(39)9-7-13-38(3)4)31(21(17-33)18-35-26)37-25-11-10-22(14-24(25)32)41-19-28-20(2)8-6-12-34-28/h10-11,14-16,20-21,28,31,34-35,37H,5-9,12-13,18-19H2,1-4H3,(H,36,39). The fourth-order valence-electron chi connectivity index (χ4n) is 5.39. The number of hydrogen-bond donors (Lipinski definition) is 4. The van der Waals surface area contributed by atoms with Gasteiger partial charge in [-0.25, -0.2) is 4.39 Å². The van der Waals surface area contributed by atoms with E-state index in [-0.39, 0.29) is 17.6 Å². The van der Waals surface area contributed by atoms with Gasteiger partial charge in [0.15, 0.2) is 0 Å². The van der Waals surface area contributed by atoms with Crippen molar-refractivity contribution < 1.29 is 18.7 Å². The van der Waals surface area contributed by atoms with Crippen molar-refractivity contribution in [3.05, 3.63) is 41.7 Å². The van der Waals surface area contributed by atoms with Crippen LogP contribution in [0.3, 0.4) is 0 Å². The number of amides is 1. The molecule has 0 spiro atoms. The first-order valence-corrected chi connectivity index (χ1v) is 14.6.